The van der Waals surface area contributed by atoms with Crippen molar-refractivity contribution in [2.45, 2.75) is 19.1 Å². The molecule has 1 amide bonds. The first kappa shape index (κ1) is 16.5. The van der Waals surface area contributed by atoms with Crippen molar-refractivity contribution in [3.8, 4) is 0 Å². The Morgan fingerprint density at radius 1 is 1.22 bits per heavy atom. The maximum Gasteiger partial charge on any atom is 0.248 e. The summed E-state index contributed by atoms with van der Waals surface area (Å²) in [6, 6.07) is 10.2. The largest absolute Gasteiger partial charge is 0.378 e. The molecular weight excluding hydrogens is 342 g/mol. The van der Waals surface area contributed by atoms with Crippen molar-refractivity contribution in [2.24, 2.45) is 0 Å². The molecule has 5 rings (SSSR count). The van der Waals surface area contributed by atoms with Gasteiger partial charge < -0.3 is 14.6 Å². The van der Waals surface area contributed by atoms with Gasteiger partial charge in [0, 0.05) is 56.0 Å². The summed E-state index contributed by atoms with van der Waals surface area (Å²) in [5.41, 5.74) is 3.52. The van der Waals surface area contributed by atoms with E-state index in [9.17, 15) is 4.79 Å². The minimum Gasteiger partial charge on any atom is -0.378 e. The van der Waals surface area contributed by atoms with E-state index >= 15 is 0 Å². The molecule has 27 heavy (non-hydrogen) atoms. The maximum absolute atomic E-state index is 13.2. The fourth-order valence-electron chi connectivity index (χ4n) is 4.19. The van der Waals surface area contributed by atoms with Crippen LogP contribution in [0.5, 0.6) is 0 Å². The van der Waals surface area contributed by atoms with Crippen molar-refractivity contribution in [3.63, 3.8) is 0 Å². The summed E-state index contributed by atoms with van der Waals surface area (Å²) in [7, 11) is 0. The van der Waals surface area contributed by atoms with Gasteiger partial charge in [-0.15, -0.1) is 0 Å². The van der Waals surface area contributed by atoms with Gasteiger partial charge >= 0.3 is 0 Å². The fourth-order valence-corrected chi connectivity index (χ4v) is 4.19. The van der Waals surface area contributed by atoms with Crippen LogP contribution in [0.4, 0.5) is 0 Å². The highest BCUT2D eigenvalue weighted by Gasteiger charge is 2.34. The molecule has 0 unspecified atom stereocenters. The third-order valence-corrected chi connectivity index (χ3v) is 5.55. The Bertz CT molecular complexity index is 956. The lowest BCUT2D eigenvalue weighted by Gasteiger charge is -2.37. The number of hydrogen-bond donors (Lipinski definition) is 1. The highest BCUT2D eigenvalue weighted by molar-refractivity contribution is 5.83. The van der Waals surface area contributed by atoms with E-state index < -0.39 is 0 Å². The molecule has 1 N–H and O–H groups in total. The van der Waals surface area contributed by atoms with E-state index in [-0.39, 0.29) is 11.9 Å². The molecule has 7 heteroatoms. The van der Waals surface area contributed by atoms with E-state index in [0.717, 1.165) is 24.3 Å². The molecule has 7 nitrogen and oxygen atoms in total. The van der Waals surface area contributed by atoms with Crippen LogP contribution in [-0.2, 0) is 22.6 Å². The Kier molecular flexibility index (Phi) is 4.18. The van der Waals surface area contributed by atoms with Gasteiger partial charge in [0.05, 0.1) is 18.9 Å². The summed E-state index contributed by atoms with van der Waals surface area (Å²) in [6.45, 7) is 4.84. The van der Waals surface area contributed by atoms with Gasteiger partial charge in [0.15, 0.2) is 0 Å². The first-order chi connectivity index (χ1) is 13.3. The molecule has 1 fully saturated rings. The molecule has 1 aromatic carbocycles. The number of benzene rings is 1. The van der Waals surface area contributed by atoms with E-state index in [1.54, 1.807) is 6.20 Å². The number of carbonyl (C=O) groups is 1. The molecule has 1 atom stereocenters. The standard InChI is InChI=1S/C20H23N5O2/c26-20(24-8-10-27-11-9-24)19-14-23(13-16-4-7-22-25(16)19)12-15-2-1-3-18-17(15)5-6-21-18/h1-7,19,21H,8-14H2/t19-/m1/s1. The summed E-state index contributed by atoms with van der Waals surface area (Å²) in [5.74, 6) is 0.146. The second kappa shape index (κ2) is 6.83. The smallest absolute Gasteiger partial charge is 0.248 e. The second-order valence-electron chi connectivity index (χ2n) is 7.25. The monoisotopic (exact) mass is 365 g/mol. The molecule has 1 saturated heterocycles. The van der Waals surface area contributed by atoms with E-state index in [1.165, 1.54) is 10.9 Å². The van der Waals surface area contributed by atoms with Crippen molar-refractivity contribution >= 4 is 16.8 Å². The minimum atomic E-state index is -0.271. The highest BCUT2D eigenvalue weighted by Crippen LogP contribution is 2.26. The van der Waals surface area contributed by atoms with E-state index in [1.807, 2.05) is 21.8 Å². The number of fused-ring (bicyclic) bond motifs is 2. The summed E-state index contributed by atoms with van der Waals surface area (Å²) < 4.78 is 7.30. The van der Waals surface area contributed by atoms with Crippen LogP contribution in [0.25, 0.3) is 10.9 Å². The number of aromatic nitrogens is 3. The lowest BCUT2D eigenvalue weighted by Crippen LogP contribution is -2.49. The van der Waals surface area contributed by atoms with Crippen molar-refractivity contribution in [2.75, 3.05) is 32.8 Å². The molecule has 0 radical (unpaired) electrons. The van der Waals surface area contributed by atoms with E-state index in [4.69, 9.17) is 4.74 Å². The fraction of sp³-hybridized carbons (Fsp3) is 0.400. The van der Waals surface area contributed by atoms with Gasteiger partial charge in [0.25, 0.3) is 0 Å². The molecule has 0 bridgehead atoms. The zero-order valence-corrected chi connectivity index (χ0v) is 15.2. The molecule has 2 aromatic heterocycles. The predicted molar refractivity (Wildman–Crippen MR) is 101 cm³/mol. The molecule has 0 spiro atoms. The van der Waals surface area contributed by atoms with Crippen LogP contribution in [0.3, 0.4) is 0 Å². The normalized spacial score (nSPS) is 20.7. The Balaban J connectivity index is 1.41. The molecule has 0 aliphatic carbocycles. The number of hydrogen-bond acceptors (Lipinski definition) is 4. The number of rotatable bonds is 3. The second-order valence-corrected chi connectivity index (χ2v) is 7.25. The van der Waals surface area contributed by atoms with Crippen molar-refractivity contribution in [1.82, 2.24) is 24.6 Å². The molecule has 2 aliphatic rings. The quantitative estimate of drug-likeness (QED) is 0.768. The summed E-state index contributed by atoms with van der Waals surface area (Å²) in [6.07, 6.45) is 3.77. The van der Waals surface area contributed by atoms with Gasteiger partial charge in [0.2, 0.25) is 5.91 Å². The van der Waals surface area contributed by atoms with Gasteiger partial charge in [-0.3, -0.25) is 14.4 Å². The van der Waals surface area contributed by atoms with E-state index in [2.05, 4.69) is 39.2 Å². The number of amides is 1. The molecule has 0 saturated carbocycles. The van der Waals surface area contributed by atoms with Crippen LogP contribution in [0.2, 0.25) is 0 Å². The predicted octanol–water partition coefficient (Wildman–Crippen LogP) is 1.78. The number of carbonyl (C=O) groups excluding carboxylic acids is 1. The minimum absolute atomic E-state index is 0.146. The number of ether oxygens (including phenoxy) is 1. The lowest BCUT2D eigenvalue weighted by molar-refractivity contribution is -0.140. The van der Waals surface area contributed by atoms with Crippen LogP contribution < -0.4 is 0 Å². The number of morpholine rings is 1. The summed E-state index contributed by atoms with van der Waals surface area (Å²) >= 11 is 0. The average Bonchev–Trinajstić information content (AvgIpc) is 3.37. The highest BCUT2D eigenvalue weighted by atomic mass is 16.5. The SMILES string of the molecule is O=C([C@H]1CN(Cc2cccc3[nH]ccc23)Cc2ccnn21)N1CCOCC1. The van der Waals surface area contributed by atoms with Crippen LogP contribution >= 0.6 is 0 Å². The molecular formula is C20H23N5O2. The Morgan fingerprint density at radius 2 is 2.11 bits per heavy atom. The first-order valence-electron chi connectivity index (χ1n) is 9.46. The van der Waals surface area contributed by atoms with Gasteiger partial charge in [-0.05, 0) is 23.8 Å². The number of nitrogens with zero attached hydrogens (tertiary/aromatic N) is 4. The Morgan fingerprint density at radius 3 is 3.00 bits per heavy atom. The van der Waals surface area contributed by atoms with Gasteiger partial charge in [-0.25, -0.2) is 0 Å². The first-order valence-corrected chi connectivity index (χ1v) is 9.46. The van der Waals surface area contributed by atoms with Gasteiger partial charge in [0.1, 0.15) is 6.04 Å². The van der Waals surface area contributed by atoms with Crippen LogP contribution in [-0.4, -0.2) is 63.3 Å². The lowest BCUT2D eigenvalue weighted by atomic mass is 10.1. The zero-order chi connectivity index (χ0) is 18.2. The van der Waals surface area contributed by atoms with Crippen molar-refractivity contribution < 1.29 is 9.53 Å². The van der Waals surface area contributed by atoms with Gasteiger partial charge in [-0.2, -0.15) is 5.10 Å². The zero-order valence-electron chi connectivity index (χ0n) is 15.2. The number of nitrogens with one attached hydrogen (secondary N) is 1. The molecule has 3 aromatic rings. The maximum atomic E-state index is 13.2. The van der Waals surface area contributed by atoms with Crippen LogP contribution in [0.1, 0.15) is 17.3 Å². The van der Waals surface area contributed by atoms with Gasteiger partial charge in [-0.1, -0.05) is 12.1 Å². The third kappa shape index (κ3) is 3.02. The van der Waals surface area contributed by atoms with Crippen molar-refractivity contribution in [3.05, 3.63) is 54.0 Å². The summed E-state index contributed by atoms with van der Waals surface area (Å²) in [5, 5.41) is 5.69. The third-order valence-electron chi connectivity index (χ3n) is 5.55. The topological polar surface area (TPSA) is 66.4 Å². The molecule has 2 aliphatic heterocycles. The number of H-pyrrole nitrogens is 1. The summed E-state index contributed by atoms with van der Waals surface area (Å²) in [4.78, 5) is 20.7. The Hall–Kier alpha value is -2.64. The van der Waals surface area contributed by atoms with E-state index in [0.29, 0.717) is 32.8 Å². The van der Waals surface area contributed by atoms with Crippen molar-refractivity contribution in [1.29, 1.82) is 0 Å². The van der Waals surface area contributed by atoms with Crippen LogP contribution in [0, 0.1) is 0 Å². The number of aromatic amines is 1. The average molecular weight is 365 g/mol. The molecule has 140 valence electrons. The van der Waals surface area contributed by atoms with Crippen LogP contribution in [0.15, 0.2) is 42.7 Å². The molecule has 4 heterocycles. The Labute approximate surface area is 157 Å².